The molecule has 0 saturated carbocycles. The van der Waals surface area contributed by atoms with Gasteiger partial charge in [-0.25, -0.2) is 0 Å². The lowest BCUT2D eigenvalue weighted by molar-refractivity contribution is 0.0692. The van der Waals surface area contributed by atoms with E-state index in [0.717, 1.165) is 28.8 Å². The third-order valence-electron chi connectivity index (χ3n) is 5.78. The first-order valence-electron chi connectivity index (χ1n) is 9.84. The van der Waals surface area contributed by atoms with E-state index in [1.165, 1.54) is 10.9 Å². The van der Waals surface area contributed by atoms with Gasteiger partial charge in [-0.3, -0.25) is 4.79 Å². The van der Waals surface area contributed by atoms with Crippen LogP contribution in [0.5, 0.6) is 0 Å². The second-order valence-electron chi connectivity index (χ2n) is 7.63. The van der Waals surface area contributed by atoms with Crippen LogP contribution in [-0.2, 0) is 6.42 Å². The average Bonchev–Trinajstić information content (AvgIpc) is 3.12. The number of H-pyrrole nitrogens is 1. The Labute approximate surface area is 174 Å². The van der Waals surface area contributed by atoms with Gasteiger partial charge in [0.25, 0.3) is 5.91 Å². The zero-order valence-electron chi connectivity index (χ0n) is 16.2. The van der Waals surface area contributed by atoms with Crippen molar-refractivity contribution >= 4 is 28.4 Å². The third kappa shape index (κ3) is 3.12. The van der Waals surface area contributed by atoms with Crippen molar-refractivity contribution in [2.75, 3.05) is 6.54 Å². The number of halogens is 1. The first-order valence-corrected chi connectivity index (χ1v) is 10.2. The summed E-state index contributed by atoms with van der Waals surface area (Å²) >= 11 is 6.14. The molecular formula is C25H21ClN2O. The number of aromatic nitrogens is 1. The number of para-hydroxylation sites is 1. The predicted molar refractivity (Wildman–Crippen MR) is 118 cm³/mol. The molecule has 29 heavy (non-hydrogen) atoms. The van der Waals surface area contributed by atoms with Crippen LogP contribution >= 0.6 is 11.6 Å². The summed E-state index contributed by atoms with van der Waals surface area (Å²) in [6, 6.07) is 23.8. The summed E-state index contributed by atoms with van der Waals surface area (Å²) < 4.78 is 0. The number of aryl methyl sites for hydroxylation is 1. The SMILES string of the molecule is Cc1ccc(C(=O)N2CCc3c([nH]c4ccccc34)[C@@H]2c2ccc(Cl)cc2)cc1. The molecule has 3 aromatic carbocycles. The molecule has 1 aliphatic rings. The quantitative estimate of drug-likeness (QED) is 0.445. The van der Waals surface area contributed by atoms with Crippen LogP contribution in [0.4, 0.5) is 0 Å². The fourth-order valence-corrected chi connectivity index (χ4v) is 4.44. The first-order chi connectivity index (χ1) is 14.1. The Morgan fingerprint density at radius 1 is 1.00 bits per heavy atom. The van der Waals surface area contributed by atoms with Crippen molar-refractivity contribution in [1.82, 2.24) is 9.88 Å². The number of aromatic amines is 1. The maximum absolute atomic E-state index is 13.5. The van der Waals surface area contributed by atoms with Gasteiger partial charge in [-0.1, -0.05) is 59.6 Å². The van der Waals surface area contributed by atoms with Crippen LogP contribution in [-0.4, -0.2) is 22.3 Å². The zero-order valence-corrected chi connectivity index (χ0v) is 16.9. The van der Waals surface area contributed by atoms with E-state index in [9.17, 15) is 4.79 Å². The van der Waals surface area contributed by atoms with Crippen molar-refractivity contribution in [2.45, 2.75) is 19.4 Å². The van der Waals surface area contributed by atoms with Crippen molar-refractivity contribution in [3.05, 3.63) is 106 Å². The van der Waals surface area contributed by atoms with E-state index in [1.807, 2.05) is 66.4 Å². The molecule has 1 aliphatic heterocycles. The fourth-order valence-electron chi connectivity index (χ4n) is 4.31. The smallest absolute Gasteiger partial charge is 0.254 e. The summed E-state index contributed by atoms with van der Waals surface area (Å²) in [5.41, 5.74) is 6.43. The molecule has 144 valence electrons. The Hall–Kier alpha value is -3.04. The number of nitrogens with one attached hydrogen (secondary N) is 1. The lowest BCUT2D eigenvalue weighted by Crippen LogP contribution is -2.40. The van der Waals surface area contributed by atoms with Gasteiger partial charge in [0.15, 0.2) is 0 Å². The number of carbonyl (C=O) groups excluding carboxylic acids is 1. The Morgan fingerprint density at radius 2 is 1.72 bits per heavy atom. The van der Waals surface area contributed by atoms with Crippen molar-refractivity contribution in [2.24, 2.45) is 0 Å². The summed E-state index contributed by atoms with van der Waals surface area (Å²) in [5.74, 6) is 0.0502. The number of carbonyl (C=O) groups is 1. The largest absolute Gasteiger partial charge is 0.356 e. The summed E-state index contributed by atoms with van der Waals surface area (Å²) in [7, 11) is 0. The highest BCUT2D eigenvalue weighted by atomic mass is 35.5. The highest BCUT2D eigenvalue weighted by Crippen LogP contribution is 2.39. The van der Waals surface area contributed by atoms with Gasteiger partial charge >= 0.3 is 0 Å². The van der Waals surface area contributed by atoms with Gasteiger partial charge in [-0.05, 0) is 54.8 Å². The minimum Gasteiger partial charge on any atom is -0.356 e. The summed E-state index contributed by atoms with van der Waals surface area (Å²) in [5, 5.41) is 1.93. The van der Waals surface area contributed by atoms with Crippen LogP contribution in [0.15, 0.2) is 72.8 Å². The van der Waals surface area contributed by atoms with Crippen LogP contribution < -0.4 is 0 Å². The van der Waals surface area contributed by atoms with E-state index >= 15 is 0 Å². The Kier molecular flexibility index (Phi) is 4.40. The summed E-state index contributed by atoms with van der Waals surface area (Å²) in [4.78, 5) is 19.0. The highest BCUT2D eigenvalue weighted by molar-refractivity contribution is 6.30. The molecule has 1 aromatic heterocycles. The maximum atomic E-state index is 13.5. The third-order valence-corrected chi connectivity index (χ3v) is 6.03. The molecule has 4 aromatic rings. The number of hydrogen-bond acceptors (Lipinski definition) is 1. The number of nitrogens with zero attached hydrogens (tertiary/aromatic N) is 1. The van der Waals surface area contributed by atoms with Gasteiger partial charge in [-0.2, -0.15) is 0 Å². The van der Waals surface area contributed by atoms with E-state index in [4.69, 9.17) is 11.6 Å². The van der Waals surface area contributed by atoms with Crippen molar-refractivity contribution in [3.63, 3.8) is 0 Å². The van der Waals surface area contributed by atoms with Gasteiger partial charge in [0.1, 0.15) is 0 Å². The van der Waals surface area contributed by atoms with Crippen LogP contribution in [0.1, 0.15) is 38.8 Å². The number of benzene rings is 3. The predicted octanol–water partition coefficient (Wildman–Crippen LogP) is 5.92. The topological polar surface area (TPSA) is 36.1 Å². The molecule has 0 unspecified atom stereocenters. The van der Waals surface area contributed by atoms with Gasteiger partial charge in [0.2, 0.25) is 0 Å². The lowest BCUT2D eigenvalue weighted by atomic mass is 9.91. The van der Waals surface area contributed by atoms with Crippen LogP contribution in [0, 0.1) is 6.92 Å². The molecule has 3 nitrogen and oxygen atoms in total. The maximum Gasteiger partial charge on any atom is 0.254 e. The van der Waals surface area contributed by atoms with E-state index in [-0.39, 0.29) is 11.9 Å². The molecule has 0 fully saturated rings. The fraction of sp³-hybridized carbons (Fsp3) is 0.160. The monoisotopic (exact) mass is 400 g/mol. The normalized spacial score (nSPS) is 16.1. The molecule has 0 spiro atoms. The van der Waals surface area contributed by atoms with Gasteiger partial charge in [-0.15, -0.1) is 0 Å². The molecule has 0 radical (unpaired) electrons. The van der Waals surface area contributed by atoms with Gasteiger partial charge in [0, 0.05) is 33.7 Å². The highest BCUT2D eigenvalue weighted by Gasteiger charge is 2.34. The molecule has 0 bridgehead atoms. The van der Waals surface area contributed by atoms with Crippen LogP contribution in [0.2, 0.25) is 5.02 Å². The van der Waals surface area contributed by atoms with Crippen molar-refractivity contribution < 1.29 is 4.79 Å². The van der Waals surface area contributed by atoms with E-state index in [1.54, 1.807) is 0 Å². The van der Waals surface area contributed by atoms with Crippen LogP contribution in [0.3, 0.4) is 0 Å². The average molecular weight is 401 g/mol. The molecule has 5 rings (SSSR count). The number of amides is 1. The van der Waals surface area contributed by atoms with Gasteiger partial charge in [0.05, 0.1) is 6.04 Å². The van der Waals surface area contributed by atoms with Gasteiger partial charge < -0.3 is 9.88 Å². The minimum atomic E-state index is -0.169. The molecule has 0 aliphatic carbocycles. The molecule has 4 heteroatoms. The summed E-state index contributed by atoms with van der Waals surface area (Å²) in [6.45, 7) is 2.71. The van der Waals surface area contributed by atoms with Crippen molar-refractivity contribution in [1.29, 1.82) is 0 Å². The molecule has 1 atom stereocenters. The Bertz CT molecular complexity index is 1190. The molecular weight excluding hydrogens is 380 g/mol. The second-order valence-corrected chi connectivity index (χ2v) is 8.07. The van der Waals surface area contributed by atoms with E-state index in [0.29, 0.717) is 17.1 Å². The molecule has 0 saturated heterocycles. The number of fused-ring (bicyclic) bond motifs is 3. The minimum absolute atomic E-state index is 0.0502. The summed E-state index contributed by atoms with van der Waals surface area (Å²) in [6.07, 6.45) is 0.834. The standard InChI is InChI=1S/C25H21ClN2O/c1-16-6-8-18(9-7-16)25(29)28-15-14-21-20-4-2-3-5-22(20)27-23(21)24(28)17-10-12-19(26)13-11-17/h2-13,24,27H,14-15H2,1H3/t24-/m0/s1. The van der Waals surface area contributed by atoms with E-state index in [2.05, 4.69) is 23.2 Å². The molecule has 1 N–H and O–H groups in total. The second kappa shape index (κ2) is 7.09. The number of rotatable bonds is 2. The molecule has 1 amide bonds. The van der Waals surface area contributed by atoms with Crippen molar-refractivity contribution in [3.8, 4) is 0 Å². The Balaban J connectivity index is 1.65. The number of hydrogen-bond donors (Lipinski definition) is 1. The lowest BCUT2D eigenvalue weighted by Gasteiger charge is -2.36. The Morgan fingerprint density at radius 3 is 2.48 bits per heavy atom. The van der Waals surface area contributed by atoms with Crippen LogP contribution in [0.25, 0.3) is 10.9 Å². The zero-order chi connectivity index (χ0) is 20.0. The van der Waals surface area contributed by atoms with E-state index < -0.39 is 0 Å². The first kappa shape index (κ1) is 18.0. The molecule has 2 heterocycles.